The van der Waals surface area contributed by atoms with Crippen molar-refractivity contribution >= 4 is 17.4 Å². The van der Waals surface area contributed by atoms with Crippen LogP contribution in [0.2, 0.25) is 0 Å². The number of Topliss-reactive ketones (excluding diaryl/α,β-unsaturated/α-hetero) is 1. The smallest absolute Gasteiger partial charge is 0.326 e. The molecule has 0 radical (unpaired) electrons. The standard InChI is InChI=1S/C18H20N4O5/c1-9(20-17(25)15-14(19)16(24)22-18(26)21-15)8-27-13-5-3-10-2-4-12(23)6-11(10)7-13/h3,5,7,9H,2,4,6,8,19H2,1H3,(H,20,25)(H2,21,22,24,26)/t9-/m1/s1. The van der Waals surface area contributed by atoms with Gasteiger partial charge in [-0.3, -0.25) is 19.4 Å². The lowest BCUT2D eigenvalue weighted by Gasteiger charge is -2.18. The Hall–Kier alpha value is -3.36. The van der Waals surface area contributed by atoms with Crippen LogP contribution in [0.15, 0.2) is 27.8 Å². The maximum Gasteiger partial charge on any atom is 0.326 e. The van der Waals surface area contributed by atoms with Crippen LogP contribution >= 0.6 is 0 Å². The predicted molar refractivity (Wildman–Crippen MR) is 98.0 cm³/mol. The molecular formula is C18H20N4O5. The van der Waals surface area contributed by atoms with Gasteiger partial charge in [0.15, 0.2) is 0 Å². The van der Waals surface area contributed by atoms with Gasteiger partial charge in [0.05, 0.1) is 6.04 Å². The van der Waals surface area contributed by atoms with Crippen LogP contribution in [0.4, 0.5) is 5.69 Å². The van der Waals surface area contributed by atoms with E-state index < -0.39 is 23.2 Å². The highest BCUT2D eigenvalue weighted by atomic mass is 16.5. The normalized spacial score (nSPS) is 14.3. The van der Waals surface area contributed by atoms with Crippen molar-refractivity contribution in [2.75, 3.05) is 12.3 Å². The fourth-order valence-electron chi connectivity index (χ4n) is 2.91. The summed E-state index contributed by atoms with van der Waals surface area (Å²) in [5.74, 6) is 0.140. The van der Waals surface area contributed by atoms with Gasteiger partial charge in [-0.2, -0.15) is 0 Å². The van der Waals surface area contributed by atoms with Crippen LogP contribution in [0.25, 0.3) is 0 Å². The van der Waals surface area contributed by atoms with Gasteiger partial charge in [0.2, 0.25) is 0 Å². The number of rotatable bonds is 5. The van der Waals surface area contributed by atoms with Crippen LogP contribution in [-0.2, 0) is 17.6 Å². The first-order chi connectivity index (χ1) is 12.8. The Kier molecular flexibility index (Phi) is 5.11. The van der Waals surface area contributed by atoms with Gasteiger partial charge in [-0.25, -0.2) is 4.79 Å². The number of hydrogen-bond acceptors (Lipinski definition) is 6. The highest BCUT2D eigenvalue weighted by Gasteiger charge is 2.18. The Morgan fingerprint density at radius 1 is 1.22 bits per heavy atom. The van der Waals surface area contributed by atoms with Crippen LogP contribution in [0.1, 0.15) is 35.0 Å². The van der Waals surface area contributed by atoms with E-state index in [1.165, 1.54) is 0 Å². The topological polar surface area (TPSA) is 147 Å². The van der Waals surface area contributed by atoms with Crippen molar-refractivity contribution in [3.05, 3.63) is 55.9 Å². The van der Waals surface area contributed by atoms with Crippen LogP contribution < -0.4 is 27.0 Å². The minimum atomic E-state index is -0.823. The number of hydrogen-bond donors (Lipinski definition) is 4. The molecule has 0 saturated carbocycles. The van der Waals surface area contributed by atoms with Crippen LogP contribution in [0.3, 0.4) is 0 Å². The third kappa shape index (κ3) is 4.25. The number of amides is 1. The molecule has 1 aliphatic carbocycles. The Labute approximate surface area is 153 Å². The first-order valence-electron chi connectivity index (χ1n) is 8.52. The van der Waals surface area contributed by atoms with Crippen molar-refractivity contribution in [3.8, 4) is 5.75 Å². The number of anilines is 1. The summed E-state index contributed by atoms with van der Waals surface area (Å²) >= 11 is 0. The second kappa shape index (κ2) is 7.48. The molecule has 1 heterocycles. The van der Waals surface area contributed by atoms with E-state index in [4.69, 9.17) is 10.5 Å². The van der Waals surface area contributed by atoms with Gasteiger partial charge in [0.25, 0.3) is 11.5 Å². The summed E-state index contributed by atoms with van der Waals surface area (Å²) in [4.78, 5) is 50.7. The molecule has 1 aromatic carbocycles. The van der Waals surface area contributed by atoms with Gasteiger partial charge in [0.1, 0.15) is 29.5 Å². The molecule has 0 unspecified atom stereocenters. The number of H-pyrrole nitrogens is 2. The number of carbonyl (C=O) groups excluding carboxylic acids is 2. The molecule has 0 spiro atoms. The number of nitrogens with one attached hydrogen (secondary N) is 3. The molecule has 1 aliphatic rings. The van der Waals surface area contributed by atoms with Gasteiger partial charge < -0.3 is 20.8 Å². The summed E-state index contributed by atoms with van der Waals surface area (Å²) in [6.45, 7) is 1.87. The van der Waals surface area contributed by atoms with E-state index in [2.05, 4.69) is 10.3 Å². The molecule has 5 N–H and O–H groups in total. The number of ether oxygens (including phenoxy) is 1. The van der Waals surface area contributed by atoms with Gasteiger partial charge in [0, 0.05) is 12.8 Å². The van der Waals surface area contributed by atoms with Crippen LogP contribution in [0.5, 0.6) is 5.75 Å². The molecule has 1 amide bonds. The number of aryl methyl sites for hydroxylation is 1. The highest BCUT2D eigenvalue weighted by Crippen LogP contribution is 2.24. The maximum atomic E-state index is 12.2. The zero-order valence-electron chi connectivity index (χ0n) is 14.8. The lowest BCUT2D eigenvalue weighted by molar-refractivity contribution is -0.118. The zero-order chi connectivity index (χ0) is 19.6. The molecule has 2 aromatic rings. The Bertz CT molecular complexity index is 1010. The van der Waals surface area contributed by atoms with Crippen LogP contribution in [0, 0.1) is 0 Å². The third-order valence-corrected chi connectivity index (χ3v) is 4.32. The van der Waals surface area contributed by atoms with E-state index in [1.54, 1.807) is 6.92 Å². The lowest BCUT2D eigenvalue weighted by Crippen LogP contribution is -2.40. The number of nitrogens with two attached hydrogens (primary N) is 1. The van der Waals surface area contributed by atoms with Gasteiger partial charge in [-0.05, 0) is 36.6 Å². The van der Waals surface area contributed by atoms with E-state index in [0.29, 0.717) is 18.6 Å². The average Bonchev–Trinajstić information content (AvgIpc) is 2.62. The van der Waals surface area contributed by atoms with E-state index in [-0.39, 0.29) is 23.8 Å². The molecule has 9 nitrogen and oxygen atoms in total. The molecule has 9 heteroatoms. The quantitative estimate of drug-likeness (QED) is 0.576. The number of fused-ring (bicyclic) bond motifs is 1. The first-order valence-corrected chi connectivity index (χ1v) is 8.52. The van der Waals surface area contributed by atoms with Gasteiger partial charge in [-0.15, -0.1) is 0 Å². The summed E-state index contributed by atoms with van der Waals surface area (Å²) < 4.78 is 5.69. The Morgan fingerprint density at radius 2 is 2.00 bits per heavy atom. The van der Waals surface area contributed by atoms with Crippen LogP contribution in [-0.4, -0.2) is 34.3 Å². The predicted octanol–water partition coefficient (Wildman–Crippen LogP) is -0.0995. The van der Waals surface area contributed by atoms with E-state index in [9.17, 15) is 19.2 Å². The molecule has 0 fully saturated rings. The van der Waals surface area contributed by atoms with Crippen molar-refractivity contribution in [3.63, 3.8) is 0 Å². The number of nitrogen functional groups attached to an aromatic ring is 1. The summed E-state index contributed by atoms with van der Waals surface area (Å²) in [5.41, 5.74) is 5.37. The van der Waals surface area contributed by atoms with E-state index in [0.717, 1.165) is 17.5 Å². The summed E-state index contributed by atoms with van der Waals surface area (Å²) in [7, 11) is 0. The van der Waals surface area contributed by atoms with E-state index in [1.807, 2.05) is 23.2 Å². The fraction of sp³-hybridized carbons (Fsp3) is 0.333. The number of benzene rings is 1. The molecule has 3 rings (SSSR count). The minimum Gasteiger partial charge on any atom is -0.491 e. The van der Waals surface area contributed by atoms with Crippen molar-refractivity contribution in [2.24, 2.45) is 0 Å². The molecular weight excluding hydrogens is 352 g/mol. The summed E-state index contributed by atoms with van der Waals surface area (Å²) in [6, 6.07) is 5.20. The average molecular weight is 372 g/mol. The second-order valence-corrected chi connectivity index (χ2v) is 6.53. The molecule has 27 heavy (non-hydrogen) atoms. The molecule has 0 saturated heterocycles. The number of aromatic nitrogens is 2. The number of ketones is 1. The number of aromatic amines is 2. The summed E-state index contributed by atoms with van der Waals surface area (Å²) in [6.07, 6.45) is 1.73. The molecule has 0 bridgehead atoms. The SMILES string of the molecule is C[C@H](COc1ccc2c(c1)CC(=O)CC2)NC(=O)c1[nH]c(=O)[nH]c(=O)c1N. The van der Waals surface area contributed by atoms with Crippen molar-refractivity contribution in [1.29, 1.82) is 0 Å². The molecule has 0 aliphatic heterocycles. The highest BCUT2D eigenvalue weighted by molar-refractivity contribution is 5.96. The van der Waals surface area contributed by atoms with Gasteiger partial charge >= 0.3 is 5.69 Å². The fourth-order valence-corrected chi connectivity index (χ4v) is 2.91. The van der Waals surface area contributed by atoms with E-state index >= 15 is 0 Å². The monoisotopic (exact) mass is 372 g/mol. The Morgan fingerprint density at radius 3 is 2.78 bits per heavy atom. The Balaban J connectivity index is 1.62. The molecule has 142 valence electrons. The minimum absolute atomic E-state index is 0.159. The van der Waals surface area contributed by atoms with Crippen molar-refractivity contribution in [1.82, 2.24) is 15.3 Å². The second-order valence-electron chi connectivity index (χ2n) is 6.53. The van der Waals surface area contributed by atoms with Gasteiger partial charge in [-0.1, -0.05) is 6.07 Å². The maximum absolute atomic E-state index is 12.2. The van der Waals surface area contributed by atoms with Crippen molar-refractivity contribution < 1.29 is 14.3 Å². The third-order valence-electron chi connectivity index (χ3n) is 4.32. The van der Waals surface area contributed by atoms with Crippen molar-refractivity contribution in [2.45, 2.75) is 32.2 Å². The molecule has 1 atom stereocenters. The first kappa shape index (κ1) is 18.4. The summed E-state index contributed by atoms with van der Waals surface area (Å²) in [5, 5.41) is 2.61. The zero-order valence-corrected chi connectivity index (χ0v) is 14.8. The lowest BCUT2D eigenvalue weighted by atomic mass is 9.91. The largest absolute Gasteiger partial charge is 0.491 e. The number of carbonyl (C=O) groups is 2. The molecule has 1 aromatic heterocycles.